The minimum atomic E-state index is -3.53. The van der Waals surface area contributed by atoms with Crippen LogP contribution in [0.3, 0.4) is 0 Å². The molecule has 0 heterocycles. The van der Waals surface area contributed by atoms with Crippen LogP contribution in [0.15, 0.2) is 51.8 Å². The van der Waals surface area contributed by atoms with Crippen LogP contribution in [0.1, 0.15) is 5.56 Å². The van der Waals surface area contributed by atoms with Gasteiger partial charge >= 0.3 is 0 Å². The lowest BCUT2D eigenvalue weighted by atomic mass is 10.2. The molecule has 0 aliphatic carbocycles. The average Bonchev–Trinajstić information content (AvgIpc) is 2.46. The van der Waals surface area contributed by atoms with Crippen molar-refractivity contribution in [2.45, 2.75) is 11.4 Å². The van der Waals surface area contributed by atoms with Gasteiger partial charge in [-0.05, 0) is 36.9 Å². The molecule has 0 aliphatic heterocycles. The zero-order valence-corrected chi connectivity index (χ0v) is 13.8. The minimum Gasteiger partial charge on any atom is -0.398 e. The summed E-state index contributed by atoms with van der Waals surface area (Å²) in [7, 11) is -2.17. The van der Waals surface area contributed by atoms with Crippen molar-refractivity contribution in [2.75, 3.05) is 18.1 Å². The van der Waals surface area contributed by atoms with E-state index in [-0.39, 0.29) is 10.6 Å². The smallest absolute Gasteiger partial charge is 0.242 e. The molecular weight excluding hydrogens is 354 g/mol. The maximum absolute atomic E-state index is 11.7. The van der Waals surface area contributed by atoms with E-state index in [4.69, 9.17) is 5.73 Å². The van der Waals surface area contributed by atoms with Gasteiger partial charge in [0.15, 0.2) is 0 Å². The van der Waals surface area contributed by atoms with E-state index in [0.29, 0.717) is 6.54 Å². The molecule has 2 aromatic rings. The lowest BCUT2D eigenvalue weighted by Gasteiger charge is -2.11. The van der Waals surface area contributed by atoms with Crippen molar-refractivity contribution in [3.05, 3.63) is 52.5 Å². The standard InChI is InChI=1S/C14H16BrN3O2S/c1-17-21(19,20)14-7-6-11(8-13(14)16)18-9-10-4-2-3-5-12(10)15/h2-8,17-18H,9,16H2,1H3. The second-order valence-corrected chi connectivity index (χ2v) is 7.11. The molecule has 21 heavy (non-hydrogen) atoms. The number of hydrogen-bond donors (Lipinski definition) is 3. The van der Waals surface area contributed by atoms with E-state index in [9.17, 15) is 8.42 Å². The molecule has 0 spiro atoms. The van der Waals surface area contributed by atoms with Crippen molar-refractivity contribution < 1.29 is 8.42 Å². The third kappa shape index (κ3) is 3.75. The monoisotopic (exact) mass is 369 g/mol. The highest BCUT2D eigenvalue weighted by Gasteiger charge is 2.15. The molecule has 0 bridgehead atoms. The number of nitrogens with one attached hydrogen (secondary N) is 2. The van der Waals surface area contributed by atoms with E-state index in [1.165, 1.54) is 13.1 Å². The molecule has 7 heteroatoms. The Balaban J connectivity index is 2.17. The summed E-state index contributed by atoms with van der Waals surface area (Å²) in [6.45, 7) is 0.610. The molecule has 0 aliphatic rings. The van der Waals surface area contributed by atoms with Gasteiger partial charge in [-0.2, -0.15) is 0 Å². The fraction of sp³-hybridized carbons (Fsp3) is 0.143. The molecular formula is C14H16BrN3O2S. The number of benzene rings is 2. The Labute approximate surface area is 132 Å². The third-order valence-corrected chi connectivity index (χ3v) is 5.27. The van der Waals surface area contributed by atoms with E-state index in [2.05, 4.69) is 26.0 Å². The van der Waals surface area contributed by atoms with Gasteiger partial charge in [0.05, 0.1) is 5.69 Å². The molecule has 0 amide bonds. The van der Waals surface area contributed by atoms with Crippen molar-refractivity contribution in [3.63, 3.8) is 0 Å². The zero-order chi connectivity index (χ0) is 15.5. The average molecular weight is 370 g/mol. The second kappa shape index (κ2) is 6.46. The van der Waals surface area contributed by atoms with Crippen LogP contribution in [0.5, 0.6) is 0 Å². The summed E-state index contributed by atoms with van der Waals surface area (Å²) in [6, 6.07) is 12.7. The molecule has 2 rings (SSSR count). The number of nitrogen functional groups attached to an aromatic ring is 1. The summed E-state index contributed by atoms with van der Waals surface area (Å²) in [6.07, 6.45) is 0. The highest BCUT2D eigenvalue weighted by molar-refractivity contribution is 9.10. The summed E-state index contributed by atoms with van der Waals surface area (Å²) in [5.74, 6) is 0. The minimum absolute atomic E-state index is 0.0800. The first-order valence-corrected chi connectivity index (χ1v) is 8.52. The van der Waals surface area contributed by atoms with Crippen molar-refractivity contribution in [1.29, 1.82) is 0 Å². The van der Waals surface area contributed by atoms with E-state index < -0.39 is 10.0 Å². The van der Waals surface area contributed by atoms with Crippen LogP contribution in [-0.2, 0) is 16.6 Å². The SMILES string of the molecule is CNS(=O)(=O)c1ccc(NCc2ccccc2Br)cc1N. The lowest BCUT2D eigenvalue weighted by Crippen LogP contribution is -2.20. The molecule has 0 radical (unpaired) electrons. The van der Waals surface area contributed by atoms with Gasteiger partial charge in [0.25, 0.3) is 0 Å². The van der Waals surface area contributed by atoms with Gasteiger partial charge in [-0.1, -0.05) is 34.1 Å². The van der Waals surface area contributed by atoms with Crippen LogP contribution in [0.4, 0.5) is 11.4 Å². The van der Waals surface area contributed by atoms with E-state index >= 15 is 0 Å². The fourth-order valence-electron chi connectivity index (χ4n) is 1.85. The fourth-order valence-corrected chi connectivity index (χ4v) is 3.11. The van der Waals surface area contributed by atoms with E-state index in [0.717, 1.165) is 15.7 Å². The molecule has 2 aromatic carbocycles. The molecule has 0 unspecified atom stereocenters. The largest absolute Gasteiger partial charge is 0.398 e. The normalized spacial score (nSPS) is 11.3. The second-order valence-electron chi connectivity index (χ2n) is 4.41. The lowest BCUT2D eigenvalue weighted by molar-refractivity contribution is 0.588. The Kier molecular flexibility index (Phi) is 4.87. The first-order chi connectivity index (χ1) is 9.94. The number of rotatable bonds is 5. The van der Waals surface area contributed by atoms with E-state index in [1.807, 2.05) is 24.3 Å². The van der Waals surface area contributed by atoms with Gasteiger partial charge in [0, 0.05) is 16.7 Å². The predicted octanol–water partition coefficient (Wildman–Crippen LogP) is 2.55. The Hall–Kier alpha value is -1.57. The molecule has 0 atom stereocenters. The predicted molar refractivity (Wildman–Crippen MR) is 88.6 cm³/mol. The highest BCUT2D eigenvalue weighted by Crippen LogP contribution is 2.23. The topological polar surface area (TPSA) is 84.2 Å². The van der Waals surface area contributed by atoms with E-state index in [1.54, 1.807) is 12.1 Å². The number of hydrogen-bond acceptors (Lipinski definition) is 4. The van der Waals surface area contributed by atoms with Crippen LogP contribution in [0, 0.1) is 0 Å². The Bertz CT molecular complexity index is 748. The molecule has 4 N–H and O–H groups in total. The Morgan fingerprint density at radius 1 is 1.19 bits per heavy atom. The van der Waals surface area contributed by atoms with Gasteiger partial charge in [-0.15, -0.1) is 0 Å². The quantitative estimate of drug-likeness (QED) is 0.707. The molecule has 112 valence electrons. The van der Waals surface area contributed by atoms with Crippen LogP contribution >= 0.6 is 15.9 Å². The molecule has 5 nitrogen and oxygen atoms in total. The Morgan fingerprint density at radius 2 is 1.90 bits per heavy atom. The highest BCUT2D eigenvalue weighted by atomic mass is 79.9. The van der Waals surface area contributed by atoms with Crippen molar-refractivity contribution in [3.8, 4) is 0 Å². The van der Waals surface area contributed by atoms with Crippen LogP contribution in [0.2, 0.25) is 0 Å². The van der Waals surface area contributed by atoms with Crippen molar-refractivity contribution in [1.82, 2.24) is 4.72 Å². The first-order valence-electron chi connectivity index (χ1n) is 6.24. The van der Waals surface area contributed by atoms with Crippen LogP contribution in [0.25, 0.3) is 0 Å². The van der Waals surface area contributed by atoms with Crippen LogP contribution in [-0.4, -0.2) is 15.5 Å². The number of anilines is 2. The molecule has 0 saturated carbocycles. The zero-order valence-electron chi connectivity index (χ0n) is 11.4. The number of sulfonamides is 1. The Morgan fingerprint density at radius 3 is 2.52 bits per heavy atom. The van der Waals surface area contributed by atoms with Gasteiger partial charge in [0.1, 0.15) is 4.90 Å². The maximum Gasteiger partial charge on any atom is 0.242 e. The van der Waals surface area contributed by atoms with Crippen LogP contribution < -0.4 is 15.8 Å². The van der Waals surface area contributed by atoms with Gasteiger partial charge in [0.2, 0.25) is 10.0 Å². The van der Waals surface area contributed by atoms with Crippen molar-refractivity contribution >= 4 is 37.3 Å². The first kappa shape index (κ1) is 15.8. The maximum atomic E-state index is 11.7. The van der Waals surface area contributed by atoms with Gasteiger partial charge in [-0.3, -0.25) is 0 Å². The third-order valence-electron chi connectivity index (χ3n) is 3.01. The number of halogens is 1. The number of nitrogens with two attached hydrogens (primary N) is 1. The van der Waals surface area contributed by atoms with Crippen molar-refractivity contribution in [2.24, 2.45) is 0 Å². The summed E-state index contributed by atoms with van der Waals surface area (Å²) in [5.41, 5.74) is 7.89. The van der Waals surface area contributed by atoms with Gasteiger partial charge < -0.3 is 11.1 Å². The summed E-state index contributed by atoms with van der Waals surface area (Å²) in [5, 5.41) is 3.21. The van der Waals surface area contributed by atoms with Gasteiger partial charge in [-0.25, -0.2) is 13.1 Å². The molecule has 0 saturated heterocycles. The molecule has 0 fully saturated rings. The summed E-state index contributed by atoms with van der Waals surface area (Å²) < 4.78 is 26.7. The molecule has 0 aromatic heterocycles. The summed E-state index contributed by atoms with van der Waals surface area (Å²) in [4.78, 5) is 0.0800. The summed E-state index contributed by atoms with van der Waals surface area (Å²) >= 11 is 3.48.